The van der Waals surface area contributed by atoms with E-state index in [1.165, 1.54) is 12.8 Å². The molecule has 0 saturated carbocycles. The lowest BCUT2D eigenvalue weighted by Crippen LogP contribution is -2.38. The van der Waals surface area contributed by atoms with Crippen LogP contribution < -0.4 is 4.90 Å². The Balaban J connectivity index is 1.36. The molecule has 0 radical (unpaired) electrons. The third-order valence-electron chi connectivity index (χ3n) is 6.95. The molecule has 1 amide bonds. The summed E-state index contributed by atoms with van der Waals surface area (Å²) in [4.78, 5) is 26.2. The normalized spacial score (nSPS) is 19.3. The Morgan fingerprint density at radius 2 is 1.94 bits per heavy atom. The van der Waals surface area contributed by atoms with E-state index in [9.17, 15) is 4.79 Å². The molecule has 2 aliphatic heterocycles. The first-order valence-electron chi connectivity index (χ1n) is 11.7. The van der Waals surface area contributed by atoms with Crippen LogP contribution in [0, 0.1) is 6.92 Å². The highest BCUT2D eigenvalue weighted by Gasteiger charge is 2.31. The summed E-state index contributed by atoms with van der Waals surface area (Å²) >= 11 is 0. The van der Waals surface area contributed by atoms with E-state index in [4.69, 9.17) is 10.1 Å². The largest absolute Gasteiger partial charge is 0.361 e. The van der Waals surface area contributed by atoms with Crippen molar-refractivity contribution in [2.24, 2.45) is 0 Å². The van der Waals surface area contributed by atoms with Gasteiger partial charge >= 0.3 is 0 Å². The third kappa shape index (κ3) is 3.15. The number of benzene rings is 1. The number of H-pyrrole nitrogens is 1. The highest BCUT2D eigenvalue weighted by atomic mass is 16.2. The monoisotopic (exact) mass is 428 g/mol. The van der Waals surface area contributed by atoms with E-state index in [1.54, 1.807) is 0 Å². The Kier molecular flexibility index (Phi) is 4.63. The lowest BCUT2D eigenvalue weighted by atomic mass is 9.98. The van der Waals surface area contributed by atoms with Crippen molar-refractivity contribution in [2.45, 2.75) is 45.1 Å². The second kappa shape index (κ2) is 7.65. The van der Waals surface area contributed by atoms with Crippen LogP contribution in [0.2, 0.25) is 0 Å². The number of nitrogens with zero attached hydrogens (tertiary/aromatic N) is 5. The Labute approximate surface area is 187 Å². The molecule has 2 saturated heterocycles. The molecule has 7 nitrogen and oxygen atoms in total. The van der Waals surface area contributed by atoms with Crippen molar-refractivity contribution in [1.82, 2.24) is 24.5 Å². The highest BCUT2D eigenvalue weighted by molar-refractivity contribution is 6.05. The fourth-order valence-electron chi connectivity index (χ4n) is 5.33. The van der Waals surface area contributed by atoms with Gasteiger partial charge in [-0.15, -0.1) is 0 Å². The van der Waals surface area contributed by atoms with Crippen LogP contribution in [0.3, 0.4) is 0 Å². The second-order valence-electron chi connectivity index (χ2n) is 9.07. The molecular weight excluding hydrogens is 400 g/mol. The SMILES string of the molecule is Cc1cn2nc(C3CCCCN3C(=O)c3cccc4cc[nH]c34)cc2nc1N1CCCC1. The summed E-state index contributed by atoms with van der Waals surface area (Å²) < 4.78 is 1.88. The maximum absolute atomic E-state index is 13.6. The molecule has 1 atom stereocenters. The van der Waals surface area contributed by atoms with Crippen LogP contribution in [-0.2, 0) is 0 Å². The first-order valence-corrected chi connectivity index (χ1v) is 11.7. The molecule has 1 aromatic carbocycles. The summed E-state index contributed by atoms with van der Waals surface area (Å²) in [5.41, 5.74) is 4.57. The minimum atomic E-state index is -0.0290. The van der Waals surface area contributed by atoms with E-state index in [0.717, 1.165) is 78.1 Å². The van der Waals surface area contributed by atoms with Gasteiger partial charge in [0.05, 0.1) is 22.8 Å². The number of aryl methyl sites for hydroxylation is 1. The van der Waals surface area contributed by atoms with E-state index in [1.807, 2.05) is 39.9 Å². The van der Waals surface area contributed by atoms with Crippen molar-refractivity contribution in [3.8, 4) is 0 Å². The number of nitrogens with one attached hydrogen (secondary N) is 1. The number of aromatic nitrogens is 4. The Hall–Kier alpha value is -3.35. The first kappa shape index (κ1) is 19.3. The molecule has 1 N–H and O–H groups in total. The van der Waals surface area contributed by atoms with E-state index in [0.29, 0.717) is 0 Å². The molecule has 32 heavy (non-hydrogen) atoms. The van der Waals surface area contributed by atoms with Gasteiger partial charge in [0.15, 0.2) is 5.65 Å². The number of carbonyl (C=O) groups excluding carboxylic acids is 1. The van der Waals surface area contributed by atoms with Crippen LogP contribution in [0.1, 0.15) is 59.8 Å². The van der Waals surface area contributed by atoms with Gasteiger partial charge in [0.25, 0.3) is 5.91 Å². The van der Waals surface area contributed by atoms with E-state index >= 15 is 0 Å². The zero-order valence-electron chi connectivity index (χ0n) is 18.4. The van der Waals surface area contributed by atoms with Gasteiger partial charge in [0.1, 0.15) is 5.82 Å². The van der Waals surface area contributed by atoms with Crippen LogP contribution in [0.15, 0.2) is 42.7 Å². The second-order valence-corrected chi connectivity index (χ2v) is 9.07. The van der Waals surface area contributed by atoms with Crippen molar-refractivity contribution >= 4 is 28.3 Å². The van der Waals surface area contributed by atoms with Crippen LogP contribution in [0.25, 0.3) is 16.6 Å². The number of amides is 1. The standard InChI is InChI=1S/C25H28N6O/c1-17-16-31-22(27-24(17)29-12-4-5-13-29)15-20(28-31)21-9-2-3-14-30(21)25(32)19-8-6-7-18-10-11-26-23(18)19/h6-8,10-11,15-16,21,26H,2-5,9,12-14H2,1H3. The average Bonchev–Trinajstić information content (AvgIpc) is 3.58. The molecule has 1 unspecified atom stereocenters. The molecule has 5 heterocycles. The number of hydrogen-bond donors (Lipinski definition) is 1. The van der Waals surface area contributed by atoms with Crippen LogP contribution >= 0.6 is 0 Å². The maximum atomic E-state index is 13.6. The molecule has 0 aliphatic carbocycles. The summed E-state index contributed by atoms with van der Waals surface area (Å²) in [5.74, 6) is 1.14. The molecule has 7 heteroatoms. The molecule has 2 fully saturated rings. The number of aromatic amines is 1. The molecular formula is C25H28N6O. The predicted octanol–water partition coefficient (Wildman–Crippen LogP) is 4.49. The van der Waals surface area contributed by atoms with Crippen LogP contribution in [0.4, 0.5) is 5.82 Å². The molecule has 6 rings (SSSR count). The number of rotatable bonds is 3. The molecule has 0 bridgehead atoms. The maximum Gasteiger partial charge on any atom is 0.256 e. The van der Waals surface area contributed by atoms with Crippen molar-refractivity contribution in [3.05, 3.63) is 59.5 Å². The third-order valence-corrected chi connectivity index (χ3v) is 6.95. The first-order chi connectivity index (χ1) is 15.7. The number of anilines is 1. The van der Waals surface area contributed by atoms with Gasteiger partial charge in [-0.1, -0.05) is 12.1 Å². The van der Waals surface area contributed by atoms with Crippen molar-refractivity contribution in [2.75, 3.05) is 24.5 Å². The smallest absolute Gasteiger partial charge is 0.256 e. The summed E-state index contributed by atoms with van der Waals surface area (Å²) in [5, 5.41) is 5.94. The topological polar surface area (TPSA) is 69.5 Å². The summed E-state index contributed by atoms with van der Waals surface area (Å²) in [6.07, 6.45) is 9.46. The Morgan fingerprint density at radius 3 is 2.81 bits per heavy atom. The summed E-state index contributed by atoms with van der Waals surface area (Å²) in [7, 11) is 0. The fraction of sp³-hybridized carbons (Fsp3) is 0.400. The van der Waals surface area contributed by atoms with Gasteiger partial charge in [0.2, 0.25) is 0 Å². The number of fused-ring (bicyclic) bond motifs is 2. The summed E-state index contributed by atoms with van der Waals surface area (Å²) in [6.45, 7) is 5.00. The summed E-state index contributed by atoms with van der Waals surface area (Å²) in [6, 6.07) is 9.96. The van der Waals surface area contributed by atoms with E-state index in [2.05, 4.69) is 29.1 Å². The van der Waals surface area contributed by atoms with Gasteiger partial charge < -0.3 is 14.8 Å². The number of hydrogen-bond acceptors (Lipinski definition) is 4. The average molecular weight is 429 g/mol. The molecule has 3 aromatic heterocycles. The highest BCUT2D eigenvalue weighted by Crippen LogP contribution is 2.33. The number of likely N-dealkylation sites (tertiary alicyclic amines) is 1. The van der Waals surface area contributed by atoms with Crippen molar-refractivity contribution < 1.29 is 4.79 Å². The Bertz CT molecular complexity index is 1300. The van der Waals surface area contributed by atoms with Crippen LogP contribution in [0.5, 0.6) is 0 Å². The van der Waals surface area contributed by atoms with Crippen LogP contribution in [-0.4, -0.2) is 50.0 Å². The van der Waals surface area contributed by atoms with Crippen molar-refractivity contribution in [1.29, 1.82) is 0 Å². The van der Waals surface area contributed by atoms with Gasteiger partial charge in [-0.2, -0.15) is 5.10 Å². The van der Waals surface area contributed by atoms with Gasteiger partial charge in [-0.3, -0.25) is 4.79 Å². The van der Waals surface area contributed by atoms with E-state index < -0.39 is 0 Å². The quantitative estimate of drug-likeness (QED) is 0.522. The molecule has 164 valence electrons. The van der Waals surface area contributed by atoms with Gasteiger partial charge in [-0.05, 0) is 51.2 Å². The number of carbonyl (C=O) groups is 1. The zero-order valence-corrected chi connectivity index (χ0v) is 18.4. The minimum absolute atomic E-state index is 0.0290. The predicted molar refractivity (Wildman–Crippen MR) is 125 cm³/mol. The number of piperidine rings is 1. The van der Waals surface area contributed by atoms with Gasteiger partial charge in [-0.25, -0.2) is 9.50 Å². The minimum Gasteiger partial charge on any atom is -0.361 e. The fourth-order valence-corrected chi connectivity index (χ4v) is 5.33. The molecule has 0 spiro atoms. The lowest BCUT2D eigenvalue weighted by Gasteiger charge is -2.35. The zero-order chi connectivity index (χ0) is 21.7. The van der Waals surface area contributed by atoms with E-state index in [-0.39, 0.29) is 11.9 Å². The number of para-hydroxylation sites is 1. The van der Waals surface area contributed by atoms with Gasteiger partial charge in [0, 0.05) is 49.0 Å². The lowest BCUT2D eigenvalue weighted by molar-refractivity contribution is 0.0607. The van der Waals surface area contributed by atoms with Crippen molar-refractivity contribution in [3.63, 3.8) is 0 Å². The Morgan fingerprint density at radius 1 is 1.09 bits per heavy atom. The molecule has 4 aromatic rings. The molecule has 2 aliphatic rings.